The van der Waals surface area contributed by atoms with Crippen LogP contribution in [0.1, 0.15) is 18.1 Å². The fraction of sp³-hybridized carbons (Fsp3) is 0.294. The molecule has 2 aromatic rings. The number of benzene rings is 2. The zero-order valence-electron chi connectivity index (χ0n) is 11.9. The molecule has 0 heterocycles. The molecule has 0 fully saturated rings. The van der Waals surface area contributed by atoms with Crippen LogP contribution in [0.5, 0.6) is 0 Å². The normalized spacial score (nSPS) is 12.4. The van der Waals surface area contributed by atoms with Gasteiger partial charge in [0.1, 0.15) is 5.82 Å². The number of hydrogen-bond acceptors (Lipinski definition) is 1. The van der Waals surface area contributed by atoms with Crippen molar-refractivity contribution in [3.63, 3.8) is 0 Å². The van der Waals surface area contributed by atoms with Crippen molar-refractivity contribution in [1.82, 2.24) is 5.32 Å². The van der Waals surface area contributed by atoms with Gasteiger partial charge >= 0.3 is 0 Å². The Balaban J connectivity index is 2.13. The first-order chi connectivity index (χ1) is 10.1. The molecule has 2 aromatic carbocycles. The molecule has 1 unspecified atom stereocenters. The van der Waals surface area contributed by atoms with Crippen LogP contribution in [-0.2, 0) is 12.8 Å². The van der Waals surface area contributed by atoms with Crippen molar-refractivity contribution in [3.05, 3.63) is 68.9 Å². The molecule has 0 saturated heterocycles. The molecule has 0 radical (unpaired) electrons. The quantitative estimate of drug-likeness (QED) is 0.754. The largest absolute Gasteiger partial charge is 0.314 e. The first-order valence-electron chi connectivity index (χ1n) is 7.00. The summed E-state index contributed by atoms with van der Waals surface area (Å²) in [5.74, 6) is -0.215. The van der Waals surface area contributed by atoms with E-state index in [0.717, 1.165) is 40.0 Å². The summed E-state index contributed by atoms with van der Waals surface area (Å²) >= 11 is 9.57. The first-order valence-corrected chi connectivity index (χ1v) is 8.17. The van der Waals surface area contributed by atoms with E-state index in [9.17, 15) is 4.39 Å². The van der Waals surface area contributed by atoms with E-state index in [1.54, 1.807) is 6.07 Å². The molecular formula is C17H18BrClFN. The fourth-order valence-electron chi connectivity index (χ4n) is 2.45. The standard InChI is InChI=1S/C17H18BrClFN/c1-2-21-16(10-13-5-3-4-6-17(13)19)9-12-7-14(18)11-15(20)8-12/h3-8,11,16,21H,2,9-10H2,1H3. The minimum atomic E-state index is -0.215. The maximum atomic E-state index is 13.5. The summed E-state index contributed by atoms with van der Waals surface area (Å²) in [6, 6.07) is 13.1. The third-order valence-corrected chi connectivity index (χ3v) is 4.15. The zero-order valence-corrected chi connectivity index (χ0v) is 14.2. The molecule has 0 aliphatic carbocycles. The van der Waals surface area contributed by atoms with Gasteiger partial charge in [0.2, 0.25) is 0 Å². The molecule has 1 nitrogen and oxygen atoms in total. The van der Waals surface area contributed by atoms with E-state index < -0.39 is 0 Å². The Morgan fingerprint density at radius 3 is 2.62 bits per heavy atom. The van der Waals surface area contributed by atoms with Gasteiger partial charge in [-0.15, -0.1) is 0 Å². The topological polar surface area (TPSA) is 12.0 Å². The summed E-state index contributed by atoms with van der Waals surface area (Å²) < 4.78 is 14.3. The highest BCUT2D eigenvalue weighted by atomic mass is 79.9. The SMILES string of the molecule is CCNC(Cc1cc(F)cc(Br)c1)Cc1ccccc1Cl. The van der Waals surface area contributed by atoms with E-state index in [4.69, 9.17) is 11.6 Å². The molecule has 0 aliphatic rings. The Morgan fingerprint density at radius 2 is 1.95 bits per heavy atom. The molecule has 0 amide bonds. The van der Waals surface area contributed by atoms with Gasteiger partial charge in [-0.2, -0.15) is 0 Å². The Morgan fingerprint density at radius 1 is 1.19 bits per heavy atom. The van der Waals surface area contributed by atoms with Crippen molar-refractivity contribution in [1.29, 1.82) is 0 Å². The molecule has 0 aliphatic heterocycles. The van der Waals surface area contributed by atoms with Crippen LogP contribution in [0.25, 0.3) is 0 Å². The molecule has 1 atom stereocenters. The molecular weight excluding hydrogens is 353 g/mol. The van der Waals surface area contributed by atoms with Gasteiger partial charge in [0.25, 0.3) is 0 Å². The Kier molecular flexibility index (Phi) is 6.22. The van der Waals surface area contributed by atoms with Gasteiger partial charge < -0.3 is 5.32 Å². The number of hydrogen-bond donors (Lipinski definition) is 1. The molecule has 0 aromatic heterocycles. The lowest BCUT2D eigenvalue weighted by Crippen LogP contribution is -2.33. The van der Waals surface area contributed by atoms with E-state index in [2.05, 4.69) is 28.2 Å². The lowest BCUT2D eigenvalue weighted by molar-refractivity contribution is 0.519. The highest BCUT2D eigenvalue weighted by Crippen LogP contribution is 2.20. The van der Waals surface area contributed by atoms with Crippen LogP contribution in [-0.4, -0.2) is 12.6 Å². The maximum Gasteiger partial charge on any atom is 0.124 e. The van der Waals surface area contributed by atoms with Crippen LogP contribution in [0.4, 0.5) is 4.39 Å². The lowest BCUT2D eigenvalue weighted by atomic mass is 9.99. The maximum absolute atomic E-state index is 13.5. The van der Waals surface area contributed by atoms with Gasteiger partial charge in [-0.25, -0.2) is 4.39 Å². The van der Waals surface area contributed by atoms with E-state index in [1.807, 2.05) is 30.3 Å². The van der Waals surface area contributed by atoms with E-state index in [0.29, 0.717) is 0 Å². The Labute approximate surface area is 138 Å². The van der Waals surface area contributed by atoms with Crippen LogP contribution in [0.2, 0.25) is 5.02 Å². The minimum Gasteiger partial charge on any atom is -0.314 e. The minimum absolute atomic E-state index is 0.215. The van der Waals surface area contributed by atoms with Crippen molar-refractivity contribution in [3.8, 4) is 0 Å². The molecule has 0 spiro atoms. The van der Waals surface area contributed by atoms with Crippen molar-refractivity contribution >= 4 is 27.5 Å². The third-order valence-electron chi connectivity index (χ3n) is 3.32. The van der Waals surface area contributed by atoms with Crippen LogP contribution in [0, 0.1) is 5.82 Å². The van der Waals surface area contributed by atoms with Gasteiger partial charge in [-0.3, -0.25) is 0 Å². The van der Waals surface area contributed by atoms with E-state index in [1.165, 1.54) is 6.07 Å². The molecule has 2 rings (SSSR count). The smallest absolute Gasteiger partial charge is 0.124 e. The van der Waals surface area contributed by atoms with Gasteiger partial charge in [0.05, 0.1) is 0 Å². The first kappa shape index (κ1) is 16.5. The van der Waals surface area contributed by atoms with Crippen molar-refractivity contribution in [2.45, 2.75) is 25.8 Å². The van der Waals surface area contributed by atoms with E-state index in [-0.39, 0.29) is 11.9 Å². The van der Waals surface area contributed by atoms with Gasteiger partial charge in [0, 0.05) is 15.5 Å². The Bertz CT molecular complexity index is 583. The van der Waals surface area contributed by atoms with Crippen LogP contribution in [0.15, 0.2) is 46.9 Å². The third kappa shape index (κ3) is 5.10. The number of halogens is 3. The second-order valence-electron chi connectivity index (χ2n) is 5.03. The predicted octanol–water partition coefficient (Wildman–Crippen LogP) is 5.00. The summed E-state index contributed by atoms with van der Waals surface area (Å²) in [5.41, 5.74) is 2.08. The van der Waals surface area contributed by atoms with E-state index >= 15 is 0 Å². The molecule has 0 saturated carbocycles. The summed E-state index contributed by atoms with van der Waals surface area (Å²) in [6.45, 7) is 2.94. The number of nitrogens with one attached hydrogen (secondary N) is 1. The highest BCUT2D eigenvalue weighted by molar-refractivity contribution is 9.10. The van der Waals surface area contributed by atoms with Crippen molar-refractivity contribution in [2.24, 2.45) is 0 Å². The van der Waals surface area contributed by atoms with Gasteiger partial charge in [0.15, 0.2) is 0 Å². The van der Waals surface area contributed by atoms with Crippen LogP contribution in [0.3, 0.4) is 0 Å². The van der Waals surface area contributed by atoms with Gasteiger partial charge in [-0.1, -0.05) is 52.7 Å². The summed E-state index contributed by atoms with van der Waals surface area (Å²) in [4.78, 5) is 0. The summed E-state index contributed by atoms with van der Waals surface area (Å²) in [6.07, 6.45) is 1.58. The average Bonchev–Trinajstić information content (AvgIpc) is 2.40. The molecule has 112 valence electrons. The Hall–Kier alpha value is -0.900. The van der Waals surface area contributed by atoms with Crippen molar-refractivity contribution < 1.29 is 4.39 Å². The van der Waals surface area contributed by atoms with Gasteiger partial charge in [-0.05, 0) is 54.8 Å². The zero-order chi connectivity index (χ0) is 15.2. The summed E-state index contributed by atoms with van der Waals surface area (Å²) in [7, 11) is 0. The average molecular weight is 371 g/mol. The molecule has 0 bridgehead atoms. The monoisotopic (exact) mass is 369 g/mol. The lowest BCUT2D eigenvalue weighted by Gasteiger charge is -2.19. The molecule has 1 N–H and O–H groups in total. The van der Waals surface area contributed by atoms with Crippen LogP contribution < -0.4 is 5.32 Å². The second kappa shape index (κ2) is 7.92. The predicted molar refractivity (Wildman–Crippen MR) is 90.4 cm³/mol. The highest BCUT2D eigenvalue weighted by Gasteiger charge is 2.12. The molecule has 4 heteroatoms. The number of rotatable bonds is 6. The van der Waals surface area contributed by atoms with Crippen molar-refractivity contribution in [2.75, 3.05) is 6.54 Å². The fourth-order valence-corrected chi connectivity index (χ4v) is 3.17. The summed E-state index contributed by atoms with van der Waals surface area (Å²) in [5, 5.41) is 4.23. The number of likely N-dealkylation sites (N-methyl/N-ethyl adjacent to an activating group) is 1. The molecule has 21 heavy (non-hydrogen) atoms. The second-order valence-corrected chi connectivity index (χ2v) is 6.35. The van der Waals surface area contributed by atoms with Crippen LogP contribution >= 0.6 is 27.5 Å².